The number of fused-ring (bicyclic) bond motifs is 2. The van der Waals surface area contributed by atoms with Crippen LogP contribution in [-0.4, -0.2) is 24.5 Å². The summed E-state index contributed by atoms with van der Waals surface area (Å²) in [5.74, 6) is 0.863. The Balaban J connectivity index is 1.94. The van der Waals surface area contributed by atoms with Gasteiger partial charge in [-0.05, 0) is 44.9 Å². The molecule has 19 heavy (non-hydrogen) atoms. The Hall–Kier alpha value is -1.32. The number of rotatable bonds is 5. The lowest BCUT2D eigenvalue weighted by Crippen LogP contribution is -2.41. The van der Waals surface area contributed by atoms with E-state index in [9.17, 15) is 9.59 Å². The molecule has 2 aliphatic carbocycles. The molecule has 0 aromatic rings. The van der Waals surface area contributed by atoms with E-state index in [1.165, 1.54) is 0 Å². The van der Waals surface area contributed by atoms with Crippen molar-refractivity contribution < 1.29 is 14.3 Å². The number of ketones is 1. The minimum absolute atomic E-state index is 0.0979. The van der Waals surface area contributed by atoms with Crippen molar-refractivity contribution in [3.8, 4) is 0 Å². The lowest BCUT2D eigenvalue weighted by Gasteiger charge is -2.32. The first-order valence-corrected chi connectivity index (χ1v) is 7.10. The Bertz CT molecular complexity index is 404. The molecule has 4 unspecified atom stereocenters. The lowest BCUT2D eigenvalue weighted by atomic mass is 9.73. The zero-order valence-electron chi connectivity index (χ0n) is 11.9. The van der Waals surface area contributed by atoms with Crippen molar-refractivity contribution in [3.63, 3.8) is 0 Å². The van der Waals surface area contributed by atoms with Gasteiger partial charge in [0.1, 0.15) is 12.4 Å². The lowest BCUT2D eigenvalue weighted by molar-refractivity contribution is -0.130. The van der Waals surface area contributed by atoms with Crippen molar-refractivity contribution in [2.24, 2.45) is 17.3 Å². The minimum atomic E-state index is -0.480. The first-order chi connectivity index (χ1) is 8.98. The van der Waals surface area contributed by atoms with Gasteiger partial charge in [0, 0.05) is 6.04 Å². The molecule has 4 heteroatoms. The van der Waals surface area contributed by atoms with Gasteiger partial charge in [0.2, 0.25) is 0 Å². The van der Waals surface area contributed by atoms with Crippen molar-refractivity contribution >= 4 is 11.9 Å². The number of hydrogen-bond acceptors (Lipinski definition) is 3. The van der Waals surface area contributed by atoms with Crippen LogP contribution in [0.1, 0.15) is 40.0 Å². The van der Waals surface area contributed by atoms with E-state index in [-0.39, 0.29) is 24.3 Å². The van der Waals surface area contributed by atoms with Crippen molar-refractivity contribution in [2.45, 2.75) is 46.1 Å². The van der Waals surface area contributed by atoms with Gasteiger partial charge in [-0.3, -0.25) is 4.79 Å². The fraction of sp³-hybridized carbons (Fsp3) is 0.733. The van der Waals surface area contributed by atoms with Gasteiger partial charge >= 0.3 is 6.09 Å². The van der Waals surface area contributed by atoms with E-state index >= 15 is 0 Å². The summed E-state index contributed by atoms with van der Waals surface area (Å²) in [5.41, 5.74) is -0.480. The summed E-state index contributed by atoms with van der Waals surface area (Å²) in [4.78, 5) is 23.7. The number of ether oxygens (including phenoxy) is 1. The number of carbonyl (C=O) groups is 2. The third-order valence-electron chi connectivity index (χ3n) is 4.65. The zero-order valence-corrected chi connectivity index (χ0v) is 11.9. The molecule has 106 valence electrons. The van der Waals surface area contributed by atoms with Crippen LogP contribution in [0.3, 0.4) is 0 Å². The van der Waals surface area contributed by atoms with Crippen LogP contribution in [0, 0.1) is 17.3 Å². The van der Waals surface area contributed by atoms with E-state index in [0.29, 0.717) is 5.92 Å². The summed E-state index contributed by atoms with van der Waals surface area (Å²) in [5, 5.41) is 2.76. The molecule has 0 aliphatic heterocycles. The topological polar surface area (TPSA) is 55.4 Å². The Morgan fingerprint density at radius 3 is 2.68 bits per heavy atom. The molecule has 0 aromatic carbocycles. The maximum Gasteiger partial charge on any atom is 0.407 e. The van der Waals surface area contributed by atoms with Crippen LogP contribution >= 0.6 is 0 Å². The second-order valence-corrected chi connectivity index (χ2v) is 5.93. The number of allylic oxidation sites excluding steroid dienone is 2. The van der Waals surface area contributed by atoms with Gasteiger partial charge in [-0.15, -0.1) is 0 Å². The fourth-order valence-corrected chi connectivity index (χ4v) is 3.17. The van der Waals surface area contributed by atoms with Crippen LogP contribution < -0.4 is 5.32 Å². The van der Waals surface area contributed by atoms with E-state index < -0.39 is 11.5 Å². The van der Waals surface area contributed by atoms with E-state index in [2.05, 4.69) is 17.5 Å². The summed E-state index contributed by atoms with van der Waals surface area (Å²) < 4.78 is 5.31. The number of hydrogen-bond donors (Lipinski definition) is 1. The monoisotopic (exact) mass is 265 g/mol. The Morgan fingerprint density at radius 2 is 2.21 bits per heavy atom. The Morgan fingerprint density at radius 1 is 1.47 bits per heavy atom. The van der Waals surface area contributed by atoms with Gasteiger partial charge in [0.15, 0.2) is 0 Å². The molecule has 1 saturated carbocycles. The van der Waals surface area contributed by atoms with Crippen LogP contribution in [0.25, 0.3) is 0 Å². The third kappa shape index (κ3) is 2.67. The normalized spacial score (nSPS) is 33.2. The highest BCUT2D eigenvalue weighted by Crippen LogP contribution is 2.52. The van der Waals surface area contributed by atoms with Crippen LogP contribution in [0.2, 0.25) is 0 Å². The van der Waals surface area contributed by atoms with E-state index in [1.54, 1.807) is 6.92 Å². The van der Waals surface area contributed by atoms with Gasteiger partial charge in [-0.1, -0.05) is 19.1 Å². The average molecular weight is 265 g/mol. The molecule has 2 bridgehead atoms. The maximum atomic E-state index is 12.0. The molecule has 2 aliphatic rings. The van der Waals surface area contributed by atoms with Gasteiger partial charge in [-0.2, -0.15) is 0 Å². The van der Waals surface area contributed by atoms with Gasteiger partial charge < -0.3 is 10.1 Å². The van der Waals surface area contributed by atoms with E-state index in [1.807, 2.05) is 13.8 Å². The number of Topliss-reactive ketones (excluding diaryl/α,β-unsaturated/α-hetero) is 1. The number of carbonyl (C=O) groups excluding carboxylic acids is 2. The van der Waals surface area contributed by atoms with Crippen LogP contribution in [-0.2, 0) is 9.53 Å². The highest BCUT2D eigenvalue weighted by molar-refractivity contribution is 5.84. The van der Waals surface area contributed by atoms with Crippen LogP contribution in [0.5, 0.6) is 0 Å². The molecular formula is C15H23NO3. The standard InChI is InChI=1S/C15H23NO3/c1-4-10(2)16-14(18)19-9-15(11(3)17)8-12-5-6-13(15)7-12/h5-6,10,12-13H,4,7-9H2,1-3H3,(H,16,18). The second-order valence-electron chi connectivity index (χ2n) is 5.93. The molecule has 1 amide bonds. The molecule has 1 N–H and O–H groups in total. The first-order valence-electron chi connectivity index (χ1n) is 7.10. The molecule has 0 saturated heterocycles. The first kappa shape index (κ1) is 14.1. The predicted octanol–water partition coefficient (Wildman–Crippen LogP) is 2.68. The SMILES string of the molecule is CCC(C)NC(=O)OCC1(C(C)=O)CC2C=CC1C2. The molecule has 4 nitrogen and oxygen atoms in total. The number of amides is 1. The van der Waals surface area contributed by atoms with Crippen LogP contribution in [0.4, 0.5) is 4.79 Å². The summed E-state index contributed by atoms with van der Waals surface area (Å²) in [6, 6.07) is 0.0979. The average Bonchev–Trinajstić information content (AvgIpc) is 2.96. The molecule has 4 atom stereocenters. The summed E-state index contributed by atoms with van der Waals surface area (Å²) >= 11 is 0. The minimum Gasteiger partial charge on any atom is -0.448 e. The van der Waals surface area contributed by atoms with Gasteiger partial charge in [0.25, 0.3) is 0 Å². The third-order valence-corrected chi connectivity index (χ3v) is 4.65. The highest BCUT2D eigenvalue weighted by Gasteiger charge is 2.52. The zero-order chi connectivity index (χ0) is 14.0. The number of alkyl carbamates (subject to hydrolysis) is 1. The van der Waals surface area contributed by atoms with Crippen LogP contribution in [0.15, 0.2) is 12.2 Å². The van der Waals surface area contributed by atoms with Crippen molar-refractivity contribution in [3.05, 3.63) is 12.2 Å². The summed E-state index contributed by atoms with van der Waals surface area (Å²) in [7, 11) is 0. The van der Waals surface area contributed by atoms with Crippen molar-refractivity contribution in [1.82, 2.24) is 5.32 Å². The predicted molar refractivity (Wildman–Crippen MR) is 72.7 cm³/mol. The molecule has 2 rings (SSSR count). The molecule has 0 aromatic heterocycles. The van der Waals surface area contributed by atoms with Gasteiger partial charge in [0.05, 0.1) is 5.41 Å². The summed E-state index contributed by atoms with van der Waals surface area (Å²) in [6.07, 6.45) is 6.59. The smallest absolute Gasteiger partial charge is 0.407 e. The molecule has 1 fully saturated rings. The molecular weight excluding hydrogens is 242 g/mol. The highest BCUT2D eigenvalue weighted by atomic mass is 16.5. The summed E-state index contributed by atoms with van der Waals surface area (Å²) in [6.45, 7) is 5.76. The van der Waals surface area contributed by atoms with Crippen molar-refractivity contribution in [1.29, 1.82) is 0 Å². The fourth-order valence-electron chi connectivity index (χ4n) is 3.17. The van der Waals surface area contributed by atoms with Gasteiger partial charge in [-0.25, -0.2) is 4.79 Å². The quantitative estimate of drug-likeness (QED) is 0.778. The Labute approximate surface area is 114 Å². The molecule has 0 radical (unpaired) electrons. The molecule has 0 spiro atoms. The van der Waals surface area contributed by atoms with Crippen molar-refractivity contribution in [2.75, 3.05) is 6.61 Å². The number of nitrogens with one attached hydrogen (secondary N) is 1. The molecule has 0 heterocycles. The largest absolute Gasteiger partial charge is 0.448 e. The second kappa shape index (κ2) is 5.35. The Kier molecular flexibility index (Phi) is 3.97. The maximum absolute atomic E-state index is 12.0. The van der Waals surface area contributed by atoms with E-state index in [0.717, 1.165) is 19.3 Å². The van der Waals surface area contributed by atoms with E-state index in [4.69, 9.17) is 4.74 Å².